The van der Waals surface area contributed by atoms with Crippen molar-refractivity contribution in [3.63, 3.8) is 0 Å². The van der Waals surface area contributed by atoms with Gasteiger partial charge in [0.1, 0.15) is 11.6 Å². The van der Waals surface area contributed by atoms with Crippen molar-refractivity contribution >= 4 is 17.5 Å². The van der Waals surface area contributed by atoms with Gasteiger partial charge in [-0.25, -0.2) is 8.78 Å². The van der Waals surface area contributed by atoms with Crippen molar-refractivity contribution in [1.29, 1.82) is 0 Å². The van der Waals surface area contributed by atoms with Crippen LogP contribution in [0, 0.1) is 17.6 Å². The van der Waals surface area contributed by atoms with Gasteiger partial charge in [-0.1, -0.05) is 5.16 Å². The van der Waals surface area contributed by atoms with Gasteiger partial charge in [-0.15, -0.1) is 0 Å². The molecule has 1 N–H and O–H groups in total. The quantitative estimate of drug-likeness (QED) is 0.822. The van der Waals surface area contributed by atoms with Crippen LogP contribution in [0.15, 0.2) is 23.4 Å². The summed E-state index contributed by atoms with van der Waals surface area (Å²) in [5, 5.41) is 6.72. The third kappa shape index (κ3) is 3.96. The average Bonchev–Trinajstić information content (AvgIpc) is 3.41. The molecule has 1 aromatic carbocycles. The number of hydrogen-bond donors (Lipinski definition) is 1. The van der Waals surface area contributed by atoms with Gasteiger partial charge in [0.25, 0.3) is 5.91 Å². The minimum atomic E-state index is -1.33. The molecule has 0 aliphatic carbocycles. The lowest BCUT2D eigenvalue weighted by atomic mass is 9.93. The van der Waals surface area contributed by atoms with Crippen molar-refractivity contribution in [2.24, 2.45) is 11.1 Å². The number of carbonyl (C=O) groups excluding carboxylic acids is 2. The van der Waals surface area contributed by atoms with E-state index in [1.807, 2.05) is 4.90 Å². The molecule has 0 aromatic heterocycles. The van der Waals surface area contributed by atoms with Crippen LogP contribution in [0.5, 0.6) is 0 Å². The molecule has 3 unspecified atom stereocenters. The Morgan fingerprint density at radius 1 is 1.17 bits per heavy atom. The first kappa shape index (κ1) is 19.8. The second-order valence-electron chi connectivity index (χ2n) is 7.95. The summed E-state index contributed by atoms with van der Waals surface area (Å²) in [5.74, 6) is -2.34. The number of benzene rings is 1. The summed E-state index contributed by atoms with van der Waals surface area (Å²) in [5.41, 5.74) is -0.819. The number of likely N-dealkylation sites (tertiary alicyclic amines) is 1. The van der Waals surface area contributed by atoms with Crippen LogP contribution in [0.25, 0.3) is 0 Å². The molecule has 0 bridgehead atoms. The lowest BCUT2D eigenvalue weighted by molar-refractivity contribution is -0.143. The van der Waals surface area contributed by atoms with E-state index in [-0.39, 0.29) is 36.8 Å². The molecule has 156 valence electrons. The summed E-state index contributed by atoms with van der Waals surface area (Å²) >= 11 is 0. The zero-order valence-corrected chi connectivity index (χ0v) is 16.1. The largest absolute Gasteiger partial charge is 0.379 e. The van der Waals surface area contributed by atoms with E-state index in [9.17, 15) is 18.4 Å². The molecule has 0 spiro atoms. The molecule has 3 heterocycles. The molecular weight excluding hydrogens is 384 g/mol. The first-order chi connectivity index (χ1) is 13.9. The molecule has 3 aliphatic rings. The number of halogens is 2. The second-order valence-corrected chi connectivity index (χ2v) is 7.95. The molecule has 4 rings (SSSR count). The highest BCUT2D eigenvalue weighted by molar-refractivity contribution is 6.05. The number of ether oxygens (including phenoxy) is 1. The number of amides is 2. The summed E-state index contributed by atoms with van der Waals surface area (Å²) in [6.07, 6.45) is 2.03. The third-order valence-electron chi connectivity index (χ3n) is 5.67. The molecule has 2 amide bonds. The van der Waals surface area contributed by atoms with Gasteiger partial charge in [0.05, 0.1) is 30.9 Å². The van der Waals surface area contributed by atoms with Crippen LogP contribution in [0.1, 0.15) is 31.7 Å². The van der Waals surface area contributed by atoms with Gasteiger partial charge >= 0.3 is 0 Å². The fourth-order valence-electron chi connectivity index (χ4n) is 3.97. The Hall–Kier alpha value is -2.55. The van der Waals surface area contributed by atoms with Crippen LogP contribution < -0.4 is 5.32 Å². The summed E-state index contributed by atoms with van der Waals surface area (Å²) in [6, 6.07) is 2.60. The summed E-state index contributed by atoms with van der Waals surface area (Å²) in [6.45, 7) is 3.54. The first-order valence-electron chi connectivity index (χ1n) is 9.75. The van der Waals surface area contributed by atoms with Gasteiger partial charge in [-0.05, 0) is 31.9 Å². The van der Waals surface area contributed by atoms with Crippen LogP contribution in [0.2, 0.25) is 0 Å². The fourth-order valence-corrected chi connectivity index (χ4v) is 3.97. The van der Waals surface area contributed by atoms with Crippen molar-refractivity contribution in [3.05, 3.63) is 35.4 Å². The Kier molecular flexibility index (Phi) is 5.24. The van der Waals surface area contributed by atoms with E-state index in [1.54, 1.807) is 6.92 Å². The monoisotopic (exact) mass is 407 g/mol. The van der Waals surface area contributed by atoms with Crippen LogP contribution >= 0.6 is 0 Å². The van der Waals surface area contributed by atoms with E-state index >= 15 is 0 Å². The molecule has 0 saturated carbocycles. The van der Waals surface area contributed by atoms with Gasteiger partial charge in [0.15, 0.2) is 0 Å². The molecule has 0 radical (unpaired) electrons. The van der Waals surface area contributed by atoms with E-state index in [2.05, 4.69) is 10.5 Å². The average molecular weight is 407 g/mol. The van der Waals surface area contributed by atoms with E-state index in [0.717, 1.165) is 44.1 Å². The summed E-state index contributed by atoms with van der Waals surface area (Å²) in [7, 11) is 0. The molecule has 29 heavy (non-hydrogen) atoms. The smallest absolute Gasteiger partial charge is 0.267 e. The van der Waals surface area contributed by atoms with Gasteiger partial charge < -0.3 is 19.8 Å². The molecule has 7 nitrogen and oxygen atoms in total. The van der Waals surface area contributed by atoms with E-state index < -0.39 is 35.1 Å². The molecule has 2 saturated heterocycles. The Morgan fingerprint density at radius 3 is 2.55 bits per heavy atom. The highest BCUT2D eigenvalue weighted by atomic mass is 19.1. The number of nitrogens with zero attached hydrogens (tertiary/aromatic N) is 2. The highest BCUT2D eigenvalue weighted by Crippen LogP contribution is 2.29. The summed E-state index contributed by atoms with van der Waals surface area (Å²) < 4.78 is 32.4. The maximum atomic E-state index is 13.5. The van der Waals surface area contributed by atoms with Crippen molar-refractivity contribution in [1.82, 2.24) is 10.2 Å². The van der Waals surface area contributed by atoms with Crippen molar-refractivity contribution in [2.45, 2.75) is 37.8 Å². The Balaban J connectivity index is 1.41. The SMILES string of the molecule is CC1(C(=O)NC2COCC2C(=O)N2CCCC2)CC(c2cc(F)cc(F)c2)=NO1. The van der Waals surface area contributed by atoms with E-state index in [1.165, 1.54) is 0 Å². The Labute approximate surface area is 167 Å². The normalized spacial score (nSPS) is 28.9. The third-order valence-corrected chi connectivity index (χ3v) is 5.67. The van der Waals surface area contributed by atoms with Crippen molar-refractivity contribution < 1.29 is 27.9 Å². The minimum Gasteiger partial charge on any atom is -0.379 e. The van der Waals surface area contributed by atoms with Crippen LogP contribution in [-0.2, 0) is 19.2 Å². The number of oxime groups is 1. The Morgan fingerprint density at radius 2 is 1.86 bits per heavy atom. The van der Waals surface area contributed by atoms with Crippen LogP contribution in [0.3, 0.4) is 0 Å². The molecule has 9 heteroatoms. The minimum absolute atomic E-state index is 0.00466. The number of carbonyl (C=O) groups is 2. The maximum absolute atomic E-state index is 13.5. The zero-order chi connectivity index (χ0) is 20.6. The predicted octanol–water partition coefficient (Wildman–Crippen LogP) is 1.60. The molecular formula is C20H23F2N3O4. The highest BCUT2D eigenvalue weighted by Gasteiger charge is 2.46. The van der Waals surface area contributed by atoms with Crippen molar-refractivity contribution in [3.8, 4) is 0 Å². The van der Waals surface area contributed by atoms with Gasteiger partial charge in [-0.3, -0.25) is 9.59 Å². The second kappa shape index (κ2) is 7.70. The lowest BCUT2D eigenvalue weighted by Crippen LogP contribution is -2.53. The molecule has 3 atom stereocenters. The number of hydrogen-bond acceptors (Lipinski definition) is 5. The summed E-state index contributed by atoms with van der Waals surface area (Å²) in [4.78, 5) is 32.8. The van der Waals surface area contributed by atoms with Crippen molar-refractivity contribution in [2.75, 3.05) is 26.3 Å². The standard InChI is InChI=1S/C20H23F2N3O4/c1-20(9-16(24-29-20)12-6-13(21)8-14(22)7-12)19(27)23-17-11-28-10-15(17)18(26)25-4-2-3-5-25/h6-8,15,17H,2-5,9-11H2,1H3,(H,23,27). The van der Waals surface area contributed by atoms with Gasteiger partial charge in [0, 0.05) is 31.1 Å². The van der Waals surface area contributed by atoms with Gasteiger partial charge in [0.2, 0.25) is 11.5 Å². The van der Waals surface area contributed by atoms with E-state index in [4.69, 9.17) is 9.57 Å². The van der Waals surface area contributed by atoms with E-state index in [0.29, 0.717) is 0 Å². The molecule has 1 aromatic rings. The maximum Gasteiger partial charge on any atom is 0.267 e. The number of nitrogens with one attached hydrogen (secondary N) is 1. The molecule has 2 fully saturated rings. The van der Waals surface area contributed by atoms with Crippen LogP contribution in [-0.4, -0.2) is 60.4 Å². The first-order valence-corrected chi connectivity index (χ1v) is 9.75. The van der Waals surface area contributed by atoms with Gasteiger partial charge in [-0.2, -0.15) is 0 Å². The molecule has 3 aliphatic heterocycles. The lowest BCUT2D eigenvalue weighted by Gasteiger charge is -2.27. The van der Waals surface area contributed by atoms with Crippen LogP contribution in [0.4, 0.5) is 8.78 Å². The zero-order valence-electron chi connectivity index (χ0n) is 16.1. The fraction of sp³-hybridized carbons (Fsp3) is 0.550. The predicted molar refractivity (Wildman–Crippen MR) is 99.1 cm³/mol. The topological polar surface area (TPSA) is 80.2 Å². The number of rotatable bonds is 4. The Bertz CT molecular complexity index is 836.